The second-order valence-corrected chi connectivity index (χ2v) is 8.09. The van der Waals surface area contributed by atoms with Crippen molar-refractivity contribution in [3.05, 3.63) is 34.3 Å². The SMILES string of the molecule is CC1COCCN1C1CC1c1ccc(C2CCCCC2)c(Cl)c1. The highest BCUT2D eigenvalue weighted by Gasteiger charge is 2.45. The molecule has 4 rings (SSSR count). The molecule has 3 atom stereocenters. The molecular weight excluding hydrogens is 306 g/mol. The van der Waals surface area contributed by atoms with Crippen molar-refractivity contribution in [3.63, 3.8) is 0 Å². The maximum absolute atomic E-state index is 6.66. The van der Waals surface area contributed by atoms with E-state index < -0.39 is 0 Å². The Balaban J connectivity index is 1.45. The molecule has 1 saturated heterocycles. The van der Waals surface area contributed by atoms with E-state index in [9.17, 15) is 0 Å². The van der Waals surface area contributed by atoms with Gasteiger partial charge in [0.15, 0.2) is 0 Å². The molecule has 1 aromatic rings. The van der Waals surface area contributed by atoms with Crippen LogP contribution in [0, 0.1) is 0 Å². The Kier molecular flexibility index (Phi) is 4.67. The lowest BCUT2D eigenvalue weighted by atomic mass is 9.83. The molecule has 0 radical (unpaired) electrons. The second-order valence-electron chi connectivity index (χ2n) is 7.69. The standard InChI is InChI=1S/C20H28ClNO/c1-14-13-23-10-9-22(14)20-12-18(20)16-7-8-17(19(21)11-16)15-5-3-2-4-6-15/h7-8,11,14-15,18,20H,2-6,9-10,12-13H2,1H3. The first-order valence-electron chi connectivity index (χ1n) is 9.37. The number of hydrogen-bond acceptors (Lipinski definition) is 2. The van der Waals surface area contributed by atoms with Crippen LogP contribution in [0.15, 0.2) is 18.2 Å². The van der Waals surface area contributed by atoms with Gasteiger partial charge in [-0.15, -0.1) is 0 Å². The molecule has 0 aromatic heterocycles. The molecule has 2 aliphatic carbocycles. The van der Waals surface area contributed by atoms with Crippen LogP contribution < -0.4 is 0 Å². The molecule has 0 spiro atoms. The molecular formula is C20H28ClNO. The average Bonchev–Trinajstić information content (AvgIpc) is 3.36. The minimum absolute atomic E-state index is 0.552. The van der Waals surface area contributed by atoms with Crippen molar-refractivity contribution in [1.29, 1.82) is 0 Å². The highest BCUT2D eigenvalue weighted by Crippen LogP contribution is 2.47. The summed E-state index contributed by atoms with van der Waals surface area (Å²) < 4.78 is 5.57. The number of halogens is 1. The largest absolute Gasteiger partial charge is 0.379 e. The molecule has 1 aliphatic heterocycles. The number of rotatable bonds is 3. The van der Waals surface area contributed by atoms with Crippen molar-refractivity contribution < 1.29 is 4.74 Å². The molecule has 3 unspecified atom stereocenters. The van der Waals surface area contributed by atoms with E-state index in [4.69, 9.17) is 16.3 Å². The summed E-state index contributed by atoms with van der Waals surface area (Å²) in [6.07, 6.45) is 8.04. The summed E-state index contributed by atoms with van der Waals surface area (Å²) in [6, 6.07) is 8.19. The van der Waals surface area contributed by atoms with Gasteiger partial charge < -0.3 is 4.74 Å². The Morgan fingerprint density at radius 3 is 2.74 bits per heavy atom. The molecule has 0 amide bonds. The highest BCUT2D eigenvalue weighted by molar-refractivity contribution is 6.31. The van der Waals surface area contributed by atoms with Crippen LogP contribution in [0.1, 0.15) is 68.4 Å². The fraction of sp³-hybridized carbons (Fsp3) is 0.700. The predicted octanol–water partition coefficient (Wildman–Crippen LogP) is 4.96. The van der Waals surface area contributed by atoms with E-state index in [1.54, 1.807) is 0 Å². The third-order valence-electron chi connectivity index (χ3n) is 6.10. The van der Waals surface area contributed by atoms with Crippen LogP contribution in [-0.2, 0) is 4.74 Å². The normalized spacial score (nSPS) is 32.9. The van der Waals surface area contributed by atoms with Gasteiger partial charge in [-0.2, -0.15) is 0 Å². The molecule has 126 valence electrons. The number of hydrogen-bond donors (Lipinski definition) is 0. The average molecular weight is 334 g/mol. The van der Waals surface area contributed by atoms with E-state index in [0.29, 0.717) is 23.9 Å². The summed E-state index contributed by atoms with van der Waals surface area (Å²) in [5, 5.41) is 1.01. The number of ether oxygens (including phenoxy) is 1. The summed E-state index contributed by atoms with van der Waals surface area (Å²) in [6.45, 7) is 5.13. The maximum atomic E-state index is 6.66. The minimum Gasteiger partial charge on any atom is -0.379 e. The molecule has 0 bridgehead atoms. The summed E-state index contributed by atoms with van der Waals surface area (Å²) in [4.78, 5) is 2.64. The Hall–Kier alpha value is -0.570. The van der Waals surface area contributed by atoms with Gasteiger partial charge in [0.25, 0.3) is 0 Å². The quantitative estimate of drug-likeness (QED) is 0.774. The summed E-state index contributed by atoms with van der Waals surface area (Å²) >= 11 is 6.66. The molecule has 3 aliphatic rings. The van der Waals surface area contributed by atoms with E-state index in [2.05, 4.69) is 30.0 Å². The predicted molar refractivity (Wildman–Crippen MR) is 95.4 cm³/mol. The summed E-state index contributed by atoms with van der Waals surface area (Å²) in [7, 11) is 0. The second kappa shape index (κ2) is 6.74. The van der Waals surface area contributed by atoms with Crippen LogP contribution in [0.4, 0.5) is 0 Å². The molecule has 3 heteroatoms. The van der Waals surface area contributed by atoms with Gasteiger partial charge in [0.05, 0.1) is 13.2 Å². The number of nitrogens with zero attached hydrogens (tertiary/aromatic N) is 1. The molecule has 0 N–H and O–H groups in total. The fourth-order valence-electron chi connectivity index (χ4n) is 4.66. The summed E-state index contributed by atoms with van der Waals surface area (Å²) in [5.41, 5.74) is 2.84. The Bertz CT molecular complexity index is 555. The van der Waals surface area contributed by atoms with Crippen LogP contribution in [0.2, 0.25) is 5.02 Å². The van der Waals surface area contributed by atoms with Gasteiger partial charge in [0, 0.05) is 29.6 Å². The zero-order valence-corrected chi connectivity index (χ0v) is 14.9. The topological polar surface area (TPSA) is 12.5 Å². The highest BCUT2D eigenvalue weighted by atomic mass is 35.5. The third kappa shape index (κ3) is 3.31. The number of morpholine rings is 1. The van der Waals surface area contributed by atoms with Gasteiger partial charge in [-0.3, -0.25) is 4.90 Å². The van der Waals surface area contributed by atoms with Crippen molar-refractivity contribution in [1.82, 2.24) is 4.90 Å². The van der Waals surface area contributed by atoms with Gasteiger partial charge >= 0.3 is 0 Å². The van der Waals surface area contributed by atoms with Crippen molar-refractivity contribution in [3.8, 4) is 0 Å². The minimum atomic E-state index is 0.552. The lowest BCUT2D eigenvalue weighted by Gasteiger charge is -2.33. The Morgan fingerprint density at radius 2 is 2.00 bits per heavy atom. The summed E-state index contributed by atoms with van der Waals surface area (Å²) in [5.74, 6) is 1.37. The first kappa shape index (κ1) is 15.9. The third-order valence-corrected chi connectivity index (χ3v) is 6.43. The van der Waals surface area contributed by atoms with Gasteiger partial charge in [-0.1, -0.05) is 43.0 Å². The molecule has 2 nitrogen and oxygen atoms in total. The molecule has 2 saturated carbocycles. The van der Waals surface area contributed by atoms with Crippen molar-refractivity contribution in [2.75, 3.05) is 19.8 Å². The smallest absolute Gasteiger partial charge is 0.0619 e. The van der Waals surface area contributed by atoms with Gasteiger partial charge in [0.1, 0.15) is 0 Å². The number of benzene rings is 1. The monoisotopic (exact) mass is 333 g/mol. The van der Waals surface area contributed by atoms with E-state index in [0.717, 1.165) is 24.8 Å². The van der Waals surface area contributed by atoms with E-state index in [-0.39, 0.29) is 0 Å². The van der Waals surface area contributed by atoms with Crippen molar-refractivity contribution in [2.45, 2.75) is 69.4 Å². The van der Waals surface area contributed by atoms with Crippen LogP contribution in [0.25, 0.3) is 0 Å². The molecule has 1 heterocycles. The van der Waals surface area contributed by atoms with Gasteiger partial charge in [0.2, 0.25) is 0 Å². The van der Waals surface area contributed by atoms with Gasteiger partial charge in [-0.05, 0) is 49.3 Å². The van der Waals surface area contributed by atoms with Crippen LogP contribution in [0.3, 0.4) is 0 Å². The van der Waals surface area contributed by atoms with Crippen molar-refractivity contribution >= 4 is 11.6 Å². The lowest BCUT2D eigenvalue weighted by molar-refractivity contribution is -0.00541. The zero-order chi connectivity index (χ0) is 15.8. The zero-order valence-electron chi connectivity index (χ0n) is 14.1. The maximum Gasteiger partial charge on any atom is 0.0619 e. The molecule has 1 aromatic carbocycles. The Labute approximate surface area is 145 Å². The van der Waals surface area contributed by atoms with Gasteiger partial charge in [-0.25, -0.2) is 0 Å². The first-order valence-corrected chi connectivity index (χ1v) is 9.74. The molecule has 3 fully saturated rings. The lowest BCUT2D eigenvalue weighted by Crippen LogP contribution is -2.45. The van der Waals surface area contributed by atoms with E-state index in [1.165, 1.54) is 49.7 Å². The molecule has 23 heavy (non-hydrogen) atoms. The van der Waals surface area contributed by atoms with Crippen molar-refractivity contribution in [2.24, 2.45) is 0 Å². The fourth-order valence-corrected chi connectivity index (χ4v) is 5.00. The van der Waals surface area contributed by atoms with Crippen LogP contribution >= 0.6 is 11.6 Å². The van der Waals surface area contributed by atoms with E-state index >= 15 is 0 Å². The van der Waals surface area contributed by atoms with Crippen LogP contribution in [0.5, 0.6) is 0 Å². The van der Waals surface area contributed by atoms with Crippen LogP contribution in [-0.4, -0.2) is 36.7 Å². The van der Waals surface area contributed by atoms with E-state index in [1.807, 2.05) is 0 Å². The first-order chi connectivity index (χ1) is 11.2. The Morgan fingerprint density at radius 1 is 1.17 bits per heavy atom.